The van der Waals surface area contributed by atoms with E-state index < -0.39 is 40.1 Å². The van der Waals surface area contributed by atoms with Gasteiger partial charge in [-0.2, -0.15) is 24.9 Å². The first kappa shape index (κ1) is 26.7. The Balaban J connectivity index is 0. The standard InChI is InChI=1S/C10H20N2O5S2.C2HF3O2/c1-19(16,17)12-10(15)8(11)5-7-18-6-3-2-4-9(13)14;3-2(4,5)1(6)7/h8H,2-7,11H2,1H3,(H,12,15)(H,13,14);(H,6,7). The molecule has 0 saturated heterocycles. The largest absolute Gasteiger partial charge is 0.490 e. The molecule has 0 heterocycles. The molecule has 0 radical (unpaired) electrons. The Kier molecular flexibility index (Phi) is 13.1. The minimum absolute atomic E-state index is 0.164. The number of carbonyl (C=O) groups excluding carboxylic acids is 1. The van der Waals surface area contributed by atoms with Crippen LogP contribution in [0.25, 0.3) is 0 Å². The smallest absolute Gasteiger partial charge is 0.481 e. The van der Waals surface area contributed by atoms with Crippen molar-refractivity contribution in [2.75, 3.05) is 17.8 Å². The number of rotatable bonds is 10. The van der Waals surface area contributed by atoms with Gasteiger partial charge in [-0.05, 0) is 30.8 Å². The lowest BCUT2D eigenvalue weighted by Crippen LogP contribution is -2.43. The van der Waals surface area contributed by atoms with E-state index in [1.807, 2.05) is 4.72 Å². The highest BCUT2D eigenvalue weighted by atomic mass is 32.2. The number of alkyl halides is 3. The van der Waals surface area contributed by atoms with Crippen molar-refractivity contribution < 1.29 is 46.2 Å². The summed E-state index contributed by atoms with van der Waals surface area (Å²) in [6, 6.07) is -0.846. The quantitative estimate of drug-likeness (QED) is 0.362. The van der Waals surface area contributed by atoms with Crippen LogP contribution in [0.4, 0.5) is 13.2 Å². The number of carboxylic acid groups (broad SMARTS) is 2. The molecule has 14 heteroatoms. The Morgan fingerprint density at radius 2 is 1.65 bits per heavy atom. The van der Waals surface area contributed by atoms with E-state index in [1.165, 1.54) is 0 Å². The fraction of sp³-hybridized carbons (Fsp3) is 0.750. The molecule has 1 atom stereocenters. The molecule has 0 saturated carbocycles. The highest BCUT2D eigenvalue weighted by molar-refractivity contribution is 7.99. The monoisotopic (exact) mass is 426 g/mol. The molecule has 0 aromatic carbocycles. The minimum atomic E-state index is -5.08. The highest BCUT2D eigenvalue weighted by Crippen LogP contribution is 2.13. The summed E-state index contributed by atoms with van der Waals surface area (Å²) in [5.74, 6) is -2.83. The zero-order chi connectivity index (χ0) is 21.0. The molecule has 154 valence electrons. The number of carboxylic acids is 2. The van der Waals surface area contributed by atoms with Gasteiger partial charge in [-0.3, -0.25) is 14.3 Å². The summed E-state index contributed by atoms with van der Waals surface area (Å²) in [4.78, 5) is 30.5. The van der Waals surface area contributed by atoms with Crippen LogP contribution in [0.1, 0.15) is 25.7 Å². The number of nitrogens with one attached hydrogen (secondary N) is 1. The third kappa shape index (κ3) is 18.8. The number of thioether (sulfide) groups is 1. The molecule has 9 nitrogen and oxygen atoms in total. The van der Waals surface area contributed by atoms with Gasteiger partial charge in [-0.1, -0.05) is 0 Å². The van der Waals surface area contributed by atoms with Crippen LogP contribution in [0.3, 0.4) is 0 Å². The molecule has 0 spiro atoms. The second kappa shape index (κ2) is 12.8. The molecule has 5 N–H and O–H groups in total. The van der Waals surface area contributed by atoms with Crippen LogP contribution in [0.5, 0.6) is 0 Å². The summed E-state index contributed by atoms with van der Waals surface area (Å²) in [5, 5.41) is 15.6. The van der Waals surface area contributed by atoms with E-state index >= 15 is 0 Å². The van der Waals surface area contributed by atoms with E-state index in [9.17, 15) is 31.2 Å². The number of carbonyl (C=O) groups is 3. The van der Waals surface area contributed by atoms with Crippen LogP contribution >= 0.6 is 11.8 Å². The van der Waals surface area contributed by atoms with Crippen molar-refractivity contribution in [1.82, 2.24) is 4.72 Å². The Morgan fingerprint density at radius 3 is 2.04 bits per heavy atom. The summed E-state index contributed by atoms with van der Waals surface area (Å²) in [6.07, 6.45) is -2.22. The maximum absolute atomic E-state index is 11.3. The summed E-state index contributed by atoms with van der Waals surface area (Å²) in [7, 11) is -3.56. The number of nitrogens with two attached hydrogens (primary N) is 1. The maximum atomic E-state index is 11.3. The van der Waals surface area contributed by atoms with Crippen LogP contribution in [0, 0.1) is 0 Å². The van der Waals surface area contributed by atoms with Gasteiger partial charge >= 0.3 is 18.1 Å². The van der Waals surface area contributed by atoms with E-state index in [-0.39, 0.29) is 6.42 Å². The Labute approximate surface area is 152 Å². The van der Waals surface area contributed by atoms with Crippen LogP contribution in [0.2, 0.25) is 0 Å². The molecule has 0 aliphatic carbocycles. The SMILES string of the molecule is CS(=O)(=O)NC(=O)C(N)CCSCCCCC(=O)O.O=C(O)C(F)(F)F. The lowest BCUT2D eigenvalue weighted by molar-refractivity contribution is -0.192. The molecule has 0 aromatic rings. The summed E-state index contributed by atoms with van der Waals surface area (Å²) >= 11 is 1.57. The van der Waals surface area contributed by atoms with E-state index in [4.69, 9.17) is 20.7 Å². The molecule has 0 aromatic heterocycles. The van der Waals surface area contributed by atoms with Crippen molar-refractivity contribution >= 4 is 39.6 Å². The summed E-state index contributed by atoms with van der Waals surface area (Å²) in [6.45, 7) is 0. The van der Waals surface area contributed by atoms with E-state index in [1.54, 1.807) is 11.8 Å². The third-order valence-electron chi connectivity index (χ3n) is 2.37. The molecule has 0 rings (SSSR count). The van der Waals surface area contributed by atoms with E-state index in [2.05, 4.69) is 0 Å². The van der Waals surface area contributed by atoms with Gasteiger partial charge < -0.3 is 15.9 Å². The highest BCUT2D eigenvalue weighted by Gasteiger charge is 2.38. The van der Waals surface area contributed by atoms with Crippen molar-refractivity contribution in [3.8, 4) is 0 Å². The minimum Gasteiger partial charge on any atom is -0.481 e. The zero-order valence-electron chi connectivity index (χ0n) is 13.8. The summed E-state index contributed by atoms with van der Waals surface area (Å²) in [5.41, 5.74) is 5.54. The van der Waals surface area contributed by atoms with Crippen molar-refractivity contribution in [3.05, 3.63) is 0 Å². The van der Waals surface area contributed by atoms with Gasteiger partial charge in [0.25, 0.3) is 0 Å². The molecule has 1 amide bonds. The maximum Gasteiger partial charge on any atom is 0.490 e. The van der Waals surface area contributed by atoms with Gasteiger partial charge in [0, 0.05) is 6.42 Å². The Hall–Kier alpha value is -1.54. The molecular formula is C12H21F3N2O7S2. The van der Waals surface area contributed by atoms with Gasteiger partial charge in [0.15, 0.2) is 0 Å². The molecule has 26 heavy (non-hydrogen) atoms. The fourth-order valence-corrected chi connectivity index (χ4v) is 2.73. The van der Waals surface area contributed by atoms with Crippen molar-refractivity contribution in [1.29, 1.82) is 0 Å². The second-order valence-electron chi connectivity index (χ2n) is 4.90. The molecular weight excluding hydrogens is 405 g/mol. The molecule has 0 aliphatic heterocycles. The van der Waals surface area contributed by atoms with Gasteiger partial charge in [-0.25, -0.2) is 13.2 Å². The lowest BCUT2D eigenvalue weighted by atomic mass is 10.2. The Bertz CT molecular complexity index is 568. The average Bonchev–Trinajstić information content (AvgIpc) is 2.43. The van der Waals surface area contributed by atoms with Gasteiger partial charge in [0.05, 0.1) is 12.3 Å². The zero-order valence-corrected chi connectivity index (χ0v) is 15.4. The number of halogens is 3. The first-order valence-electron chi connectivity index (χ1n) is 7.03. The average molecular weight is 426 g/mol. The number of hydrogen-bond donors (Lipinski definition) is 4. The Morgan fingerprint density at radius 1 is 1.15 bits per heavy atom. The second-order valence-corrected chi connectivity index (χ2v) is 7.87. The lowest BCUT2D eigenvalue weighted by Gasteiger charge is -2.10. The fourth-order valence-electron chi connectivity index (χ4n) is 1.18. The van der Waals surface area contributed by atoms with Gasteiger partial charge in [0.1, 0.15) is 0 Å². The van der Waals surface area contributed by atoms with Crippen molar-refractivity contribution in [2.24, 2.45) is 5.73 Å². The third-order valence-corrected chi connectivity index (χ3v) is 4.04. The number of hydrogen-bond acceptors (Lipinski definition) is 7. The van der Waals surface area contributed by atoms with Crippen LogP contribution in [0.15, 0.2) is 0 Å². The number of amides is 1. The first-order valence-corrected chi connectivity index (χ1v) is 10.1. The number of aliphatic carboxylic acids is 2. The van der Waals surface area contributed by atoms with E-state index in [0.717, 1.165) is 18.4 Å². The number of unbranched alkanes of at least 4 members (excludes halogenated alkanes) is 1. The first-order chi connectivity index (χ1) is 11.7. The molecule has 0 fully saturated rings. The van der Waals surface area contributed by atoms with Gasteiger partial charge in [0.2, 0.25) is 15.9 Å². The predicted molar refractivity (Wildman–Crippen MR) is 88.1 cm³/mol. The van der Waals surface area contributed by atoms with Crippen LogP contribution in [-0.4, -0.2) is 66.5 Å². The molecule has 0 aliphatic rings. The van der Waals surface area contributed by atoms with E-state index in [0.29, 0.717) is 18.6 Å². The normalized spacial score (nSPS) is 12.5. The van der Waals surface area contributed by atoms with Gasteiger partial charge in [-0.15, -0.1) is 0 Å². The van der Waals surface area contributed by atoms with Crippen LogP contribution in [-0.2, 0) is 24.4 Å². The van der Waals surface area contributed by atoms with Crippen LogP contribution < -0.4 is 10.5 Å². The predicted octanol–water partition coefficient (Wildman–Crippen LogP) is 0.401. The molecule has 1 unspecified atom stereocenters. The number of sulfonamides is 1. The topological polar surface area (TPSA) is 164 Å². The van der Waals surface area contributed by atoms with Crippen molar-refractivity contribution in [3.63, 3.8) is 0 Å². The van der Waals surface area contributed by atoms with Crippen molar-refractivity contribution in [2.45, 2.75) is 37.9 Å². The summed E-state index contributed by atoms with van der Waals surface area (Å²) < 4.78 is 55.2. The molecule has 0 bridgehead atoms.